The van der Waals surface area contributed by atoms with E-state index in [0.717, 1.165) is 53.7 Å². The van der Waals surface area contributed by atoms with Crippen molar-refractivity contribution in [1.82, 2.24) is 10.2 Å². The first-order valence-corrected chi connectivity index (χ1v) is 12.2. The van der Waals surface area contributed by atoms with E-state index in [-0.39, 0.29) is 24.5 Å². The van der Waals surface area contributed by atoms with E-state index in [1.165, 1.54) is 0 Å². The van der Waals surface area contributed by atoms with Crippen LogP contribution >= 0.6 is 0 Å². The van der Waals surface area contributed by atoms with Crippen LogP contribution in [0.5, 0.6) is 5.75 Å². The molecule has 1 atom stereocenters. The lowest BCUT2D eigenvalue weighted by Crippen LogP contribution is -2.53. The lowest BCUT2D eigenvalue weighted by atomic mass is 10.1. The highest BCUT2D eigenvalue weighted by molar-refractivity contribution is 5.88. The third-order valence-electron chi connectivity index (χ3n) is 6.69. The number of ether oxygens (including phenoxy) is 1. The second-order valence-electron chi connectivity index (χ2n) is 9.23. The summed E-state index contributed by atoms with van der Waals surface area (Å²) >= 11 is 0. The van der Waals surface area contributed by atoms with Crippen LogP contribution in [0.3, 0.4) is 0 Å². The minimum atomic E-state index is -0.495. The molecule has 1 fully saturated rings. The van der Waals surface area contributed by atoms with Crippen molar-refractivity contribution in [2.24, 2.45) is 0 Å². The number of hydrogen-bond acceptors (Lipinski definition) is 3. The van der Waals surface area contributed by atoms with Crippen LogP contribution < -0.4 is 10.1 Å². The van der Waals surface area contributed by atoms with Crippen LogP contribution in [0.15, 0.2) is 42.5 Å². The van der Waals surface area contributed by atoms with Crippen LogP contribution in [0.4, 0.5) is 0 Å². The SMILES string of the molecule is CCC(C(=O)NC1CCCC1)N(CCc1ccccc1)C(=O)COc1cc(C)cc(C)c1C. The first kappa shape index (κ1) is 24.8. The topological polar surface area (TPSA) is 58.6 Å². The van der Waals surface area contributed by atoms with Gasteiger partial charge in [0, 0.05) is 12.6 Å². The molecule has 33 heavy (non-hydrogen) atoms. The number of carbonyl (C=O) groups excluding carboxylic acids is 2. The maximum absolute atomic E-state index is 13.4. The summed E-state index contributed by atoms with van der Waals surface area (Å²) in [6, 6.07) is 13.9. The molecule has 1 saturated carbocycles. The third-order valence-corrected chi connectivity index (χ3v) is 6.69. The van der Waals surface area contributed by atoms with Gasteiger partial charge in [-0.2, -0.15) is 0 Å². The molecule has 0 bridgehead atoms. The Kier molecular flexibility index (Phi) is 8.93. The molecule has 1 aliphatic carbocycles. The second kappa shape index (κ2) is 11.9. The van der Waals surface area contributed by atoms with Crippen LogP contribution in [0.25, 0.3) is 0 Å². The normalized spacial score (nSPS) is 14.7. The van der Waals surface area contributed by atoms with E-state index in [4.69, 9.17) is 4.74 Å². The number of aryl methyl sites for hydroxylation is 2. The number of nitrogens with zero attached hydrogens (tertiary/aromatic N) is 1. The monoisotopic (exact) mass is 450 g/mol. The van der Waals surface area contributed by atoms with Gasteiger partial charge in [-0.1, -0.05) is 56.2 Å². The van der Waals surface area contributed by atoms with Crippen molar-refractivity contribution >= 4 is 11.8 Å². The Labute approximate surface area is 198 Å². The highest BCUT2D eigenvalue weighted by Crippen LogP contribution is 2.24. The van der Waals surface area contributed by atoms with Crippen LogP contribution in [-0.2, 0) is 16.0 Å². The second-order valence-corrected chi connectivity index (χ2v) is 9.23. The molecule has 2 aromatic carbocycles. The Balaban J connectivity index is 1.74. The van der Waals surface area contributed by atoms with E-state index in [0.29, 0.717) is 19.4 Å². The van der Waals surface area contributed by atoms with E-state index in [1.54, 1.807) is 4.90 Å². The molecule has 5 nitrogen and oxygen atoms in total. The fourth-order valence-corrected chi connectivity index (χ4v) is 4.64. The number of nitrogens with one attached hydrogen (secondary N) is 1. The molecule has 0 heterocycles. The number of hydrogen-bond donors (Lipinski definition) is 1. The molecule has 0 spiro atoms. The summed E-state index contributed by atoms with van der Waals surface area (Å²) in [6.07, 6.45) is 5.62. The van der Waals surface area contributed by atoms with Crippen molar-refractivity contribution in [2.45, 2.75) is 78.3 Å². The van der Waals surface area contributed by atoms with Crippen molar-refractivity contribution in [3.8, 4) is 5.75 Å². The summed E-state index contributed by atoms with van der Waals surface area (Å²) in [5, 5.41) is 3.19. The molecule has 5 heteroatoms. The lowest BCUT2D eigenvalue weighted by Gasteiger charge is -2.31. The van der Waals surface area contributed by atoms with Gasteiger partial charge in [0.1, 0.15) is 11.8 Å². The molecule has 0 aliphatic heterocycles. The molecule has 0 aromatic heterocycles. The Hall–Kier alpha value is -2.82. The van der Waals surface area contributed by atoms with Crippen molar-refractivity contribution in [3.05, 3.63) is 64.7 Å². The fraction of sp³-hybridized carbons (Fsp3) is 0.500. The van der Waals surface area contributed by atoms with Gasteiger partial charge in [-0.25, -0.2) is 0 Å². The van der Waals surface area contributed by atoms with Gasteiger partial charge in [0.15, 0.2) is 6.61 Å². The first-order valence-electron chi connectivity index (χ1n) is 12.2. The molecule has 0 radical (unpaired) electrons. The zero-order valence-electron chi connectivity index (χ0n) is 20.5. The predicted octanol–water partition coefficient (Wildman–Crippen LogP) is 4.90. The maximum Gasteiger partial charge on any atom is 0.261 e. The zero-order valence-corrected chi connectivity index (χ0v) is 20.5. The molecule has 0 saturated heterocycles. The molecule has 178 valence electrons. The lowest BCUT2D eigenvalue weighted by molar-refractivity contribution is -0.142. The summed E-state index contributed by atoms with van der Waals surface area (Å²) in [5.41, 5.74) is 4.42. The van der Waals surface area contributed by atoms with E-state index in [2.05, 4.69) is 23.5 Å². The van der Waals surface area contributed by atoms with E-state index in [9.17, 15) is 9.59 Å². The maximum atomic E-state index is 13.4. The van der Waals surface area contributed by atoms with Gasteiger partial charge in [-0.3, -0.25) is 9.59 Å². The highest BCUT2D eigenvalue weighted by Gasteiger charge is 2.30. The Morgan fingerprint density at radius 2 is 1.79 bits per heavy atom. The van der Waals surface area contributed by atoms with Gasteiger partial charge in [-0.05, 0) is 74.8 Å². The third kappa shape index (κ3) is 6.83. The number of rotatable bonds is 10. The van der Waals surface area contributed by atoms with Gasteiger partial charge < -0.3 is 15.0 Å². The van der Waals surface area contributed by atoms with Crippen LogP contribution in [0.1, 0.15) is 61.3 Å². The van der Waals surface area contributed by atoms with Gasteiger partial charge in [0.25, 0.3) is 5.91 Å². The summed E-state index contributed by atoms with van der Waals surface area (Å²) in [6.45, 7) is 8.44. The Bertz CT molecular complexity index is 936. The molecule has 1 aliphatic rings. The van der Waals surface area contributed by atoms with Crippen molar-refractivity contribution in [1.29, 1.82) is 0 Å². The van der Waals surface area contributed by atoms with E-state index >= 15 is 0 Å². The van der Waals surface area contributed by atoms with Crippen LogP contribution in [-0.4, -0.2) is 41.9 Å². The largest absolute Gasteiger partial charge is 0.483 e. The molecule has 1 N–H and O–H groups in total. The van der Waals surface area contributed by atoms with Crippen molar-refractivity contribution < 1.29 is 14.3 Å². The average Bonchev–Trinajstić information content (AvgIpc) is 3.31. The smallest absolute Gasteiger partial charge is 0.261 e. The molecule has 2 aromatic rings. The van der Waals surface area contributed by atoms with Gasteiger partial charge in [0.2, 0.25) is 5.91 Å². The van der Waals surface area contributed by atoms with E-state index < -0.39 is 6.04 Å². The minimum Gasteiger partial charge on any atom is -0.483 e. The molecular formula is C28H38N2O3. The summed E-state index contributed by atoms with van der Waals surface area (Å²) in [4.78, 5) is 28.3. The van der Waals surface area contributed by atoms with Crippen molar-refractivity contribution in [2.75, 3.05) is 13.2 Å². The minimum absolute atomic E-state index is 0.0478. The highest BCUT2D eigenvalue weighted by atomic mass is 16.5. The fourth-order valence-electron chi connectivity index (χ4n) is 4.64. The van der Waals surface area contributed by atoms with Crippen LogP contribution in [0.2, 0.25) is 0 Å². The number of benzene rings is 2. The molecule has 3 rings (SSSR count). The van der Waals surface area contributed by atoms with Crippen LogP contribution in [0, 0.1) is 20.8 Å². The molecular weight excluding hydrogens is 412 g/mol. The number of amides is 2. The predicted molar refractivity (Wildman–Crippen MR) is 132 cm³/mol. The molecule has 2 amide bonds. The van der Waals surface area contributed by atoms with Gasteiger partial charge >= 0.3 is 0 Å². The standard InChI is InChI=1S/C28H38N2O3/c1-5-25(28(32)29-24-13-9-10-14-24)30(16-15-23-11-7-6-8-12-23)27(31)19-33-26-18-20(2)17-21(3)22(26)4/h6-8,11-12,17-18,24-25H,5,9-10,13-16,19H2,1-4H3,(H,29,32). The Morgan fingerprint density at radius 1 is 1.09 bits per heavy atom. The number of carbonyl (C=O) groups is 2. The van der Waals surface area contributed by atoms with Gasteiger partial charge in [-0.15, -0.1) is 0 Å². The van der Waals surface area contributed by atoms with Crippen molar-refractivity contribution in [3.63, 3.8) is 0 Å². The van der Waals surface area contributed by atoms with E-state index in [1.807, 2.05) is 52.0 Å². The summed E-state index contributed by atoms with van der Waals surface area (Å²) in [7, 11) is 0. The summed E-state index contributed by atoms with van der Waals surface area (Å²) in [5.74, 6) is 0.526. The first-order chi connectivity index (χ1) is 15.9. The Morgan fingerprint density at radius 3 is 2.45 bits per heavy atom. The quantitative estimate of drug-likeness (QED) is 0.560. The average molecular weight is 451 g/mol. The molecule has 1 unspecified atom stereocenters. The zero-order chi connectivity index (χ0) is 23.8. The summed E-state index contributed by atoms with van der Waals surface area (Å²) < 4.78 is 5.98. The van der Waals surface area contributed by atoms with Gasteiger partial charge in [0.05, 0.1) is 0 Å².